The van der Waals surface area contributed by atoms with Gasteiger partial charge in [0.05, 0.1) is 0 Å². The van der Waals surface area contributed by atoms with Crippen LogP contribution in [0.2, 0.25) is 0 Å². The van der Waals surface area contributed by atoms with Crippen LogP contribution in [0.4, 0.5) is 0 Å². The molecule has 1 aromatic carbocycles. The summed E-state index contributed by atoms with van der Waals surface area (Å²) in [5, 5.41) is 2.97. The molecule has 2 N–H and O–H groups in total. The summed E-state index contributed by atoms with van der Waals surface area (Å²) in [6, 6.07) is 7.58. The molecule has 0 atom stereocenters. The summed E-state index contributed by atoms with van der Waals surface area (Å²) in [6.07, 6.45) is 6.43. The second kappa shape index (κ2) is 6.75. The van der Waals surface area contributed by atoms with Crippen LogP contribution >= 0.6 is 0 Å². The van der Waals surface area contributed by atoms with Crippen LogP contribution in [-0.4, -0.2) is 28.9 Å². The number of aromatic amines is 1. The minimum Gasteiger partial charge on any atom is -0.356 e. The Bertz CT molecular complexity index is 592. The van der Waals surface area contributed by atoms with Gasteiger partial charge in [-0.25, -0.2) is 5.01 Å². The van der Waals surface area contributed by atoms with Gasteiger partial charge in [-0.2, -0.15) is 0 Å². The average Bonchev–Trinajstić information content (AvgIpc) is 2.90. The van der Waals surface area contributed by atoms with E-state index in [4.69, 9.17) is 0 Å². The van der Waals surface area contributed by atoms with Crippen LogP contribution in [0.5, 0.6) is 0 Å². The molecule has 105 valence electrons. The maximum atomic E-state index is 12.2. The molecule has 0 unspecified atom stereocenters. The van der Waals surface area contributed by atoms with Gasteiger partial charge in [0.2, 0.25) is 0 Å². The highest BCUT2D eigenvalue weighted by Gasteiger charge is 2.14. The summed E-state index contributed by atoms with van der Waals surface area (Å²) in [7, 11) is 0. The summed E-state index contributed by atoms with van der Waals surface area (Å²) in [6.45, 7) is 2.56. The molecule has 1 aromatic heterocycles. The van der Waals surface area contributed by atoms with Crippen molar-refractivity contribution in [3.63, 3.8) is 0 Å². The van der Waals surface area contributed by atoms with Gasteiger partial charge in [0.25, 0.3) is 5.91 Å². The predicted molar refractivity (Wildman–Crippen MR) is 77.7 cm³/mol. The SMILES string of the molecule is CCCCCN([C]=O)NC(=O)c1[nH]cc2ccccc12. The molecule has 1 heterocycles. The Kier molecular flexibility index (Phi) is 4.76. The number of unbranched alkanes of at least 4 members (excludes halogenated alkanes) is 2. The zero-order chi connectivity index (χ0) is 14.4. The molecule has 1 radical (unpaired) electrons. The number of rotatable bonds is 7. The predicted octanol–water partition coefficient (Wildman–Crippen LogP) is 2.37. The minimum absolute atomic E-state index is 0.328. The number of H-pyrrole nitrogens is 1. The standard InChI is InChI=1S/C15H18N3O2/c1-2-3-6-9-18(11-19)17-15(20)14-13-8-5-4-7-12(13)10-16-14/h4-5,7-8,10,16H,2-3,6,9H2,1H3,(H,17,20). The molecule has 0 bridgehead atoms. The molecule has 0 fully saturated rings. The molecule has 0 spiro atoms. The Morgan fingerprint density at radius 1 is 1.35 bits per heavy atom. The molecule has 5 heteroatoms. The Hall–Kier alpha value is -2.30. The van der Waals surface area contributed by atoms with E-state index in [0.29, 0.717) is 12.2 Å². The van der Waals surface area contributed by atoms with E-state index in [1.165, 1.54) is 5.01 Å². The summed E-state index contributed by atoms with van der Waals surface area (Å²) >= 11 is 0. The largest absolute Gasteiger partial charge is 0.356 e. The van der Waals surface area contributed by atoms with E-state index in [1.54, 1.807) is 12.6 Å². The van der Waals surface area contributed by atoms with Gasteiger partial charge in [0, 0.05) is 18.1 Å². The first-order valence-electron chi connectivity index (χ1n) is 6.78. The highest BCUT2D eigenvalue weighted by molar-refractivity contribution is 6.06. The lowest BCUT2D eigenvalue weighted by Crippen LogP contribution is -2.42. The van der Waals surface area contributed by atoms with Crippen molar-refractivity contribution >= 4 is 23.1 Å². The number of nitrogens with zero attached hydrogens (tertiary/aromatic N) is 1. The molecule has 0 saturated carbocycles. The molecule has 0 aliphatic rings. The van der Waals surface area contributed by atoms with E-state index in [9.17, 15) is 9.59 Å². The Balaban J connectivity index is 2.05. The number of amides is 2. The Labute approximate surface area is 117 Å². The van der Waals surface area contributed by atoms with Crippen molar-refractivity contribution in [2.24, 2.45) is 0 Å². The normalized spacial score (nSPS) is 10.4. The molecule has 5 nitrogen and oxygen atoms in total. The van der Waals surface area contributed by atoms with E-state index in [1.807, 2.05) is 24.3 Å². The summed E-state index contributed by atoms with van der Waals surface area (Å²) in [5.74, 6) is -0.328. The second-order valence-electron chi connectivity index (χ2n) is 4.64. The van der Waals surface area contributed by atoms with Gasteiger partial charge in [-0.05, 0) is 11.8 Å². The van der Waals surface area contributed by atoms with E-state index in [-0.39, 0.29) is 5.91 Å². The monoisotopic (exact) mass is 272 g/mol. The average molecular weight is 272 g/mol. The summed E-state index contributed by atoms with van der Waals surface area (Å²) < 4.78 is 0. The Morgan fingerprint density at radius 3 is 2.90 bits per heavy atom. The first kappa shape index (κ1) is 14.1. The van der Waals surface area contributed by atoms with Gasteiger partial charge in [-0.15, -0.1) is 0 Å². The van der Waals surface area contributed by atoms with Crippen LogP contribution in [0.1, 0.15) is 36.7 Å². The smallest absolute Gasteiger partial charge is 0.332 e. The highest BCUT2D eigenvalue weighted by Crippen LogP contribution is 2.17. The third-order valence-corrected chi connectivity index (χ3v) is 3.16. The van der Waals surface area contributed by atoms with Crippen LogP contribution in [0, 0.1) is 0 Å². The first-order chi connectivity index (χ1) is 9.76. The number of hydrazine groups is 1. The first-order valence-corrected chi connectivity index (χ1v) is 6.78. The fourth-order valence-electron chi connectivity index (χ4n) is 2.09. The zero-order valence-electron chi connectivity index (χ0n) is 11.5. The maximum absolute atomic E-state index is 12.2. The fourth-order valence-corrected chi connectivity index (χ4v) is 2.09. The third-order valence-electron chi connectivity index (χ3n) is 3.16. The lowest BCUT2D eigenvalue weighted by atomic mass is 10.2. The highest BCUT2D eigenvalue weighted by atomic mass is 16.2. The van der Waals surface area contributed by atoms with E-state index >= 15 is 0 Å². The van der Waals surface area contributed by atoms with E-state index < -0.39 is 0 Å². The van der Waals surface area contributed by atoms with Gasteiger partial charge in [-0.1, -0.05) is 44.0 Å². The molecule has 20 heavy (non-hydrogen) atoms. The van der Waals surface area contributed by atoms with Crippen molar-refractivity contribution in [1.29, 1.82) is 0 Å². The van der Waals surface area contributed by atoms with Gasteiger partial charge in [0.15, 0.2) is 0 Å². The number of aromatic nitrogens is 1. The second-order valence-corrected chi connectivity index (χ2v) is 4.64. The van der Waals surface area contributed by atoms with E-state index in [2.05, 4.69) is 17.3 Å². The number of benzene rings is 1. The summed E-state index contributed by atoms with van der Waals surface area (Å²) in [5.41, 5.74) is 3.01. The molecule has 2 aromatic rings. The molecule has 0 aliphatic heterocycles. The topological polar surface area (TPSA) is 65.2 Å². The number of fused-ring (bicyclic) bond motifs is 1. The number of hydrogen-bond donors (Lipinski definition) is 2. The lowest BCUT2D eigenvalue weighted by molar-refractivity contribution is 0.0862. The minimum atomic E-state index is -0.328. The van der Waals surface area contributed by atoms with Gasteiger partial charge in [0.1, 0.15) is 5.69 Å². The van der Waals surface area contributed by atoms with Crippen LogP contribution in [0.15, 0.2) is 30.5 Å². The summed E-state index contributed by atoms with van der Waals surface area (Å²) in [4.78, 5) is 25.9. The quantitative estimate of drug-likeness (QED) is 0.461. The maximum Gasteiger partial charge on any atom is 0.332 e. The zero-order valence-corrected chi connectivity index (χ0v) is 11.5. The third kappa shape index (κ3) is 3.17. The molecule has 2 rings (SSSR count). The molecule has 0 aliphatic carbocycles. The van der Waals surface area contributed by atoms with Gasteiger partial charge in [-0.3, -0.25) is 15.0 Å². The fraction of sp³-hybridized carbons (Fsp3) is 0.333. The molecular weight excluding hydrogens is 254 g/mol. The van der Waals surface area contributed by atoms with Crippen LogP contribution < -0.4 is 5.43 Å². The number of hydrogen-bond acceptors (Lipinski definition) is 2. The van der Waals surface area contributed by atoms with Gasteiger partial charge < -0.3 is 4.98 Å². The lowest BCUT2D eigenvalue weighted by Gasteiger charge is -2.16. The van der Waals surface area contributed by atoms with Crippen molar-refractivity contribution in [1.82, 2.24) is 15.4 Å². The van der Waals surface area contributed by atoms with Crippen molar-refractivity contribution < 1.29 is 9.59 Å². The van der Waals surface area contributed by atoms with Crippen LogP contribution in [-0.2, 0) is 4.79 Å². The Morgan fingerprint density at radius 2 is 2.15 bits per heavy atom. The van der Waals surface area contributed by atoms with Crippen molar-refractivity contribution in [3.8, 4) is 0 Å². The van der Waals surface area contributed by atoms with E-state index in [0.717, 1.165) is 30.0 Å². The van der Waals surface area contributed by atoms with Crippen molar-refractivity contribution in [3.05, 3.63) is 36.2 Å². The number of carbonyl (C=O) groups excluding carboxylic acids is 2. The van der Waals surface area contributed by atoms with Crippen LogP contribution in [0.25, 0.3) is 10.8 Å². The van der Waals surface area contributed by atoms with Crippen molar-refractivity contribution in [2.75, 3.05) is 6.54 Å². The number of nitrogens with one attached hydrogen (secondary N) is 2. The molecular formula is C15H18N3O2. The van der Waals surface area contributed by atoms with Crippen molar-refractivity contribution in [2.45, 2.75) is 26.2 Å². The van der Waals surface area contributed by atoms with Crippen LogP contribution in [0.3, 0.4) is 0 Å². The molecule has 2 amide bonds. The molecule has 0 saturated heterocycles. The number of carbonyl (C=O) groups is 1. The van der Waals surface area contributed by atoms with Gasteiger partial charge >= 0.3 is 6.41 Å².